The van der Waals surface area contributed by atoms with Gasteiger partial charge in [0, 0.05) is 12.8 Å². The van der Waals surface area contributed by atoms with E-state index in [4.69, 9.17) is 9.47 Å². The molecule has 0 spiro atoms. The van der Waals surface area contributed by atoms with Gasteiger partial charge in [0.05, 0.1) is 24.7 Å². The van der Waals surface area contributed by atoms with Gasteiger partial charge in [-0.25, -0.2) is 4.79 Å². The zero-order chi connectivity index (χ0) is 22.9. The fourth-order valence-electron chi connectivity index (χ4n) is 3.60. The quantitative estimate of drug-likeness (QED) is 0.154. The predicted molar refractivity (Wildman–Crippen MR) is 124 cm³/mol. The van der Waals surface area contributed by atoms with Crippen LogP contribution < -0.4 is 4.74 Å². The van der Waals surface area contributed by atoms with Crippen molar-refractivity contribution in [1.29, 1.82) is 0 Å². The number of hydrogen-bond donors (Lipinski definition) is 0. The van der Waals surface area contributed by atoms with Crippen LogP contribution in [0.15, 0.2) is 24.3 Å². The van der Waals surface area contributed by atoms with Crippen LogP contribution in [0.25, 0.3) is 0 Å². The van der Waals surface area contributed by atoms with Crippen LogP contribution in [0.5, 0.6) is 5.75 Å². The molecule has 0 N–H and O–H groups in total. The summed E-state index contributed by atoms with van der Waals surface area (Å²) in [6.45, 7) is 6.52. The normalized spacial score (nSPS) is 10.8. The van der Waals surface area contributed by atoms with E-state index >= 15 is 0 Å². The van der Waals surface area contributed by atoms with Crippen LogP contribution in [0.2, 0.25) is 0 Å². The molecule has 0 saturated carbocycles. The van der Waals surface area contributed by atoms with Gasteiger partial charge in [0.2, 0.25) is 0 Å². The number of Topliss-reactive ketones (excluding diaryl/α,β-unsaturated/α-hetero) is 2. The summed E-state index contributed by atoms with van der Waals surface area (Å²) in [7, 11) is 0. The van der Waals surface area contributed by atoms with Crippen molar-refractivity contribution < 1.29 is 23.9 Å². The van der Waals surface area contributed by atoms with Crippen LogP contribution in [0.1, 0.15) is 102 Å². The summed E-state index contributed by atoms with van der Waals surface area (Å²) < 4.78 is 10.7. The van der Waals surface area contributed by atoms with Gasteiger partial charge in [-0.3, -0.25) is 9.59 Å². The van der Waals surface area contributed by atoms with Crippen molar-refractivity contribution in [3.05, 3.63) is 29.8 Å². The summed E-state index contributed by atoms with van der Waals surface area (Å²) >= 11 is 0. The highest BCUT2D eigenvalue weighted by Crippen LogP contribution is 2.18. The molecule has 0 saturated heterocycles. The Hall–Kier alpha value is -2.17. The van der Waals surface area contributed by atoms with E-state index in [2.05, 4.69) is 0 Å². The highest BCUT2D eigenvalue weighted by atomic mass is 16.5. The lowest BCUT2D eigenvalue weighted by Crippen LogP contribution is -2.22. The van der Waals surface area contributed by atoms with Crippen LogP contribution in [0, 0.1) is 5.92 Å². The SMILES string of the molecule is CCOC(=O)c1ccc(OCCCCCCCCCCC(C(=O)CC)C(=O)CC)cc1. The van der Waals surface area contributed by atoms with Gasteiger partial charge < -0.3 is 9.47 Å². The Bertz CT molecular complexity index is 634. The second-order valence-corrected chi connectivity index (χ2v) is 7.90. The Morgan fingerprint density at radius 2 is 1.26 bits per heavy atom. The van der Waals surface area contributed by atoms with Crippen molar-refractivity contribution >= 4 is 17.5 Å². The molecule has 0 aliphatic rings. The average Bonchev–Trinajstić information content (AvgIpc) is 2.79. The van der Waals surface area contributed by atoms with Gasteiger partial charge in [0.1, 0.15) is 17.3 Å². The van der Waals surface area contributed by atoms with E-state index in [1.54, 1.807) is 31.2 Å². The highest BCUT2D eigenvalue weighted by molar-refractivity contribution is 6.02. The largest absolute Gasteiger partial charge is 0.494 e. The number of carbonyl (C=O) groups excluding carboxylic acids is 3. The first kappa shape index (κ1) is 26.9. The Kier molecular flexibility index (Phi) is 14.3. The summed E-state index contributed by atoms with van der Waals surface area (Å²) in [5, 5.41) is 0. The summed E-state index contributed by atoms with van der Waals surface area (Å²) in [4.78, 5) is 35.4. The number of rotatable bonds is 18. The average molecular weight is 433 g/mol. The molecule has 0 aromatic heterocycles. The van der Waals surface area contributed by atoms with Gasteiger partial charge in [-0.15, -0.1) is 0 Å². The minimum Gasteiger partial charge on any atom is -0.494 e. The van der Waals surface area contributed by atoms with Gasteiger partial charge >= 0.3 is 5.97 Å². The predicted octanol–water partition coefficient (Wildman–Crippen LogP) is 6.33. The molecular weight excluding hydrogens is 392 g/mol. The van der Waals surface area contributed by atoms with E-state index in [-0.39, 0.29) is 23.5 Å². The smallest absolute Gasteiger partial charge is 0.338 e. The molecule has 5 nitrogen and oxygen atoms in total. The number of unbranched alkanes of at least 4 members (excludes halogenated alkanes) is 7. The summed E-state index contributed by atoms with van der Waals surface area (Å²) in [5.74, 6) is 0.302. The monoisotopic (exact) mass is 432 g/mol. The zero-order valence-electron chi connectivity index (χ0n) is 19.6. The Morgan fingerprint density at radius 3 is 1.77 bits per heavy atom. The van der Waals surface area contributed by atoms with Crippen LogP contribution in [0.3, 0.4) is 0 Å². The summed E-state index contributed by atoms with van der Waals surface area (Å²) in [6, 6.07) is 7.07. The third-order valence-corrected chi connectivity index (χ3v) is 5.50. The van der Waals surface area contributed by atoms with Crippen molar-refractivity contribution in [3.63, 3.8) is 0 Å². The van der Waals surface area contributed by atoms with Crippen molar-refractivity contribution in [1.82, 2.24) is 0 Å². The number of esters is 1. The second-order valence-electron chi connectivity index (χ2n) is 7.90. The Balaban J connectivity index is 2.04. The number of ketones is 2. The summed E-state index contributed by atoms with van der Waals surface area (Å²) in [6.07, 6.45) is 10.6. The number of benzene rings is 1. The van der Waals surface area contributed by atoms with Crippen LogP contribution in [0.4, 0.5) is 0 Å². The van der Waals surface area contributed by atoms with Crippen LogP contribution >= 0.6 is 0 Å². The number of ether oxygens (including phenoxy) is 2. The fourth-order valence-corrected chi connectivity index (χ4v) is 3.60. The van der Waals surface area contributed by atoms with E-state index < -0.39 is 0 Å². The molecule has 0 aliphatic heterocycles. The zero-order valence-corrected chi connectivity index (χ0v) is 19.6. The molecule has 1 aromatic carbocycles. The molecule has 0 atom stereocenters. The molecule has 0 bridgehead atoms. The topological polar surface area (TPSA) is 69.7 Å². The van der Waals surface area contributed by atoms with Crippen LogP contribution in [-0.2, 0) is 14.3 Å². The third-order valence-electron chi connectivity index (χ3n) is 5.50. The molecule has 31 heavy (non-hydrogen) atoms. The molecule has 0 amide bonds. The Labute approximate surface area is 187 Å². The summed E-state index contributed by atoms with van der Waals surface area (Å²) in [5.41, 5.74) is 0.540. The van der Waals surface area contributed by atoms with Crippen molar-refractivity contribution in [2.24, 2.45) is 5.92 Å². The molecule has 0 heterocycles. The van der Waals surface area contributed by atoms with Gasteiger partial charge in [-0.2, -0.15) is 0 Å². The molecule has 0 radical (unpaired) electrons. The molecule has 0 unspecified atom stereocenters. The molecule has 1 aromatic rings. The Morgan fingerprint density at radius 1 is 0.742 bits per heavy atom. The molecule has 174 valence electrons. The van der Waals surface area contributed by atoms with Crippen molar-refractivity contribution in [2.75, 3.05) is 13.2 Å². The first-order valence-corrected chi connectivity index (χ1v) is 12.0. The van der Waals surface area contributed by atoms with Gasteiger partial charge in [0.15, 0.2) is 0 Å². The number of carbonyl (C=O) groups is 3. The highest BCUT2D eigenvalue weighted by Gasteiger charge is 2.22. The minimum absolute atomic E-state index is 0.101. The van der Waals surface area contributed by atoms with E-state index in [1.807, 2.05) is 13.8 Å². The minimum atomic E-state index is -0.364. The third kappa shape index (κ3) is 11.1. The van der Waals surface area contributed by atoms with Gasteiger partial charge in [-0.05, 0) is 44.0 Å². The lowest BCUT2D eigenvalue weighted by atomic mass is 9.90. The van der Waals surface area contributed by atoms with E-state index in [1.165, 1.54) is 19.3 Å². The van der Waals surface area contributed by atoms with Gasteiger partial charge in [-0.1, -0.05) is 58.8 Å². The first-order valence-electron chi connectivity index (χ1n) is 12.0. The van der Waals surface area contributed by atoms with Crippen molar-refractivity contribution in [2.45, 2.75) is 91.4 Å². The molecule has 0 fully saturated rings. The number of hydrogen-bond acceptors (Lipinski definition) is 5. The molecule has 5 heteroatoms. The van der Waals surface area contributed by atoms with E-state index in [0.29, 0.717) is 31.6 Å². The maximum absolute atomic E-state index is 11.9. The van der Waals surface area contributed by atoms with Crippen molar-refractivity contribution in [3.8, 4) is 5.75 Å². The standard InChI is InChI=1S/C26H40O5/c1-4-24(27)23(25(28)5-2)15-13-11-9-7-8-10-12-14-20-31-22-18-16-21(17-19-22)26(29)30-6-3/h16-19,23H,4-15,20H2,1-3H3. The maximum Gasteiger partial charge on any atom is 0.338 e. The second kappa shape index (κ2) is 16.5. The first-order chi connectivity index (χ1) is 15.0. The van der Waals surface area contributed by atoms with E-state index in [0.717, 1.165) is 44.3 Å². The lowest BCUT2D eigenvalue weighted by Gasteiger charge is -2.12. The molecular formula is C26H40O5. The van der Waals surface area contributed by atoms with E-state index in [9.17, 15) is 14.4 Å². The van der Waals surface area contributed by atoms with Crippen LogP contribution in [-0.4, -0.2) is 30.7 Å². The maximum atomic E-state index is 11.9. The molecule has 0 aliphatic carbocycles. The van der Waals surface area contributed by atoms with Gasteiger partial charge in [0.25, 0.3) is 0 Å². The molecule has 1 rings (SSSR count). The lowest BCUT2D eigenvalue weighted by molar-refractivity contribution is -0.132. The fraction of sp³-hybridized carbons (Fsp3) is 0.654.